The molecular formula is C6H16NO5P2+. The van der Waals surface area contributed by atoms with Crippen molar-refractivity contribution in [3.8, 4) is 0 Å². The number of hydrogen-bond acceptors (Lipinski definition) is 4. The zero-order valence-electron chi connectivity index (χ0n) is 7.83. The second-order valence-electron chi connectivity index (χ2n) is 2.88. The van der Waals surface area contributed by atoms with Gasteiger partial charge in [-0.3, -0.25) is 4.57 Å². The third kappa shape index (κ3) is 8.75. The Morgan fingerprint density at radius 1 is 1.29 bits per heavy atom. The van der Waals surface area contributed by atoms with Crippen molar-refractivity contribution in [2.24, 2.45) is 5.73 Å². The molecule has 0 bridgehead atoms. The normalized spacial score (nSPS) is 16.4. The topological polar surface area (TPSA) is 110 Å². The Kier molecular flexibility index (Phi) is 7.55. The van der Waals surface area contributed by atoms with Gasteiger partial charge in [0.1, 0.15) is 0 Å². The standard InChI is InChI=1S/C6H15NO5P2/c7-5-3-1-2-4-6-14(10,11)12-13(8)9/h1-7H2,(H-,8,9,10,11)/p+1. The fraction of sp³-hybridized carbons (Fsp3) is 1.00. The number of hydrogen-bond donors (Lipinski definition) is 3. The smallest absolute Gasteiger partial charge is 0.330 e. The Morgan fingerprint density at radius 3 is 2.36 bits per heavy atom. The summed E-state index contributed by atoms with van der Waals surface area (Å²) in [6, 6.07) is 0. The fourth-order valence-electron chi connectivity index (χ4n) is 0.959. The maximum atomic E-state index is 11.0. The van der Waals surface area contributed by atoms with E-state index in [1.807, 2.05) is 0 Å². The summed E-state index contributed by atoms with van der Waals surface area (Å²) in [5.74, 6) is 0. The zero-order chi connectivity index (χ0) is 11.0. The van der Waals surface area contributed by atoms with E-state index in [4.69, 9.17) is 15.5 Å². The van der Waals surface area contributed by atoms with Gasteiger partial charge in [-0.15, -0.1) is 4.89 Å². The van der Waals surface area contributed by atoms with Gasteiger partial charge in [0.2, 0.25) is 0 Å². The molecule has 0 aliphatic carbocycles. The van der Waals surface area contributed by atoms with Gasteiger partial charge in [0.05, 0.1) is 6.16 Å². The summed E-state index contributed by atoms with van der Waals surface area (Å²) in [7, 11) is -6.86. The van der Waals surface area contributed by atoms with Crippen molar-refractivity contribution < 1.29 is 23.2 Å². The summed E-state index contributed by atoms with van der Waals surface area (Å²) in [5, 5.41) is 0. The third-order valence-electron chi connectivity index (χ3n) is 1.59. The van der Waals surface area contributed by atoms with E-state index in [1.165, 1.54) is 0 Å². The molecule has 0 aliphatic heterocycles. The number of nitrogens with two attached hydrogens (primary N) is 1. The second kappa shape index (κ2) is 7.46. The lowest BCUT2D eigenvalue weighted by Gasteiger charge is -2.02. The summed E-state index contributed by atoms with van der Waals surface area (Å²) in [5.41, 5.74) is 5.26. The van der Waals surface area contributed by atoms with Gasteiger partial charge in [0.25, 0.3) is 0 Å². The van der Waals surface area contributed by atoms with E-state index < -0.39 is 15.9 Å². The van der Waals surface area contributed by atoms with E-state index in [0.717, 1.165) is 19.3 Å². The first-order chi connectivity index (χ1) is 6.48. The molecule has 14 heavy (non-hydrogen) atoms. The molecule has 4 N–H and O–H groups in total. The SMILES string of the molecule is NCCCCCCP(=O)(O)O[P+](=O)O. The van der Waals surface area contributed by atoms with Crippen LogP contribution in [0.5, 0.6) is 0 Å². The summed E-state index contributed by atoms with van der Waals surface area (Å²) in [6.45, 7) is 0.607. The minimum absolute atomic E-state index is 0.0841. The lowest BCUT2D eigenvalue weighted by atomic mass is 10.2. The quantitative estimate of drug-likeness (QED) is 0.439. The van der Waals surface area contributed by atoms with Gasteiger partial charge in [-0.2, -0.15) is 0 Å². The van der Waals surface area contributed by atoms with Crippen molar-refractivity contribution in [1.29, 1.82) is 0 Å². The Bertz CT molecular complexity index is 222. The van der Waals surface area contributed by atoms with Crippen molar-refractivity contribution in [1.82, 2.24) is 0 Å². The lowest BCUT2D eigenvalue weighted by Crippen LogP contribution is -1.98. The van der Waals surface area contributed by atoms with Crippen molar-refractivity contribution in [2.75, 3.05) is 12.7 Å². The van der Waals surface area contributed by atoms with Crippen LogP contribution in [0.2, 0.25) is 0 Å². The van der Waals surface area contributed by atoms with Crippen molar-refractivity contribution in [3.63, 3.8) is 0 Å². The van der Waals surface area contributed by atoms with E-state index in [-0.39, 0.29) is 6.16 Å². The summed E-state index contributed by atoms with van der Waals surface area (Å²) >= 11 is 0. The molecule has 0 aromatic carbocycles. The van der Waals surface area contributed by atoms with Crippen LogP contribution in [0, 0.1) is 0 Å². The van der Waals surface area contributed by atoms with Crippen molar-refractivity contribution in [2.45, 2.75) is 25.7 Å². The van der Waals surface area contributed by atoms with Crippen LogP contribution in [0.4, 0.5) is 0 Å². The van der Waals surface area contributed by atoms with Crippen LogP contribution in [0.3, 0.4) is 0 Å². The second-order valence-corrected chi connectivity index (χ2v) is 5.73. The van der Waals surface area contributed by atoms with Gasteiger partial charge in [-0.1, -0.05) is 12.8 Å². The van der Waals surface area contributed by atoms with Gasteiger partial charge < -0.3 is 10.6 Å². The van der Waals surface area contributed by atoms with Crippen molar-refractivity contribution in [3.05, 3.63) is 0 Å². The zero-order valence-corrected chi connectivity index (χ0v) is 9.62. The predicted molar refractivity (Wildman–Crippen MR) is 53.1 cm³/mol. The van der Waals surface area contributed by atoms with Gasteiger partial charge in [-0.25, -0.2) is 0 Å². The molecule has 0 aromatic rings. The summed E-state index contributed by atoms with van der Waals surface area (Å²) in [4.78, 5) is 17.3. The van der Waals surface area contributed by atoms with Crippen LogP contribution in [0.1, 0.15) is 25.7 Å². The predicted octanol–water partition coefficient (Wildman–Crippen LogP) is 1.36. The average Bonchev–Trinajstić information content (AvgIpc) is 2.01. The Labute approximate surface area is 83.9 Å². The summed E-state index contributed by atoms with van der Waals surface area (Å²) in [6.07, 6.45) is 2.95. The minimum atomic E-state index is -3.86. The monoisotopic (exact) mass is 244 g/mol. The van der Waals surface area contributed by atoms with E-state index >= 15 is 0 Å². The molecule has 2 unspecified atom stereocenters. The molecule has 0 radical (unpaired) electrons. The van der Waals surface area contributed by atoms with Crippen LogP contribution in [-0.2, 0) is 13.4 Å². The van der Waals surface area contributed by atoms with Crippen molar-refractivity contribution >= 4 is 15.9 Å². The molecule has 0 spiro atoms. The largest absolute Gasteiger partial charge is 0.703 e. The molecule has 0 heterocycles. The maximum absolute atomic E-state index is 11.0. The molecule has 0 aliphatic rings. The molecule has 0 amide bonds. The molecule has 0 aromatic heterocycles. The highest BCUT2D eigenvalue weighted by Gasteiger charge is 2.31. The fourth-order valence-corrected chi connectivity index (χ4v) is 2.78. The Hall–Kier alpha value is 0.170. The van der Waals surface area contributed by atoms with Crippen LogP contribution in [0.15, 0.2) is 0 Å². The lowest BCUT2D eigenvalue weighted by molar-refractivity contribution is 0.348. The first-order valence-electron chi connectivity index (χ1n) is 4.35. The van der Waals surface area contributed by atoms with Crippen LogP contribution in [0.25, 0.3) is 0 Å². The number of unbranched alkanes of at least 4 members (excludes halogenated alkanes) is 3. The number of rotatable bonds is 8. The molecule has 0 fully saturated rings. The molecule has 6 nitrogen and oxygen atoms in total. The third-order valence-corrected chi connectivity index (χ3v) is 4.05. The highest BCUT2D eigenvalue weighted by Crippen LogP contribution is 2.50. The van der Waals surface area contributed by atoms with E-state index in [0.29, 0.717) is 13.0 Å². The molecule has 0 saturated carbocycles. The minimum Gasteiger partial charge on any atom is -0.330 e. The first kappa shape index (κ1) is 14.2. The molecular weight excluding hydrogens is 228 g/mol. The van der Waals surface area contributed by atoms with Crippen LogP contribution >= 0.6 is 15.9 Å². The molecule has 0 rings (SSSR count). The van der Waals surface area contributed by atoms with E-state index in [2.05, 4.69) is 4.31 Å². The van der Waals surface area contributed by atoms with Crippen LogP contribution < -0.4 is 5.73 Å². The van der Waals surface area contributed by atoms with E-state index in [9.17, 15) is 9.13 Å². The summed E-state index contributed by atoms with van der Waals surface area (Å²) < 4.78 is 25.1. The molecule has 84 valence electrons. The Balaban J connectivity index is 3.56. The highest BCUT2D eigenvalue weighted by atomic mass is 31.2. The molecule has 2 atom stereocenters. The first-order valence-corrected chi connectivity index (χ1v) is 7.25. The Morgan fingerprint density at radius 2 is 1.86 bits per heavy atom. The van der Waals surface area contributed by atoms with Gasteiger partial charge in [-0.05, 0) is 23.7 Å². The maximum Gasteiger partial charge on any atom is 0.703 e. The van der Waals surface area contributed by atoms with E-state index in [1.54, 1.807) is 0 Å². The molecule has 8 heteroatoms. The van der Waals surface area contributed by atoms with Gasteiger partial charge in [0, 0.05) is 4.57 Å². The molecule has 0 saturated heterocycles. The van der Waals surface area contributed by atoms with Gasteiger partial charge in [0.15, 0.2) is 0 Å². The van der Waals surface area contributed by atoms with Gasteiger partial charge >= 0.3 is 15.9 Å². The van der Waals surface area contributed by atoms with Crippen LogP contribution in [-0.4, -0.2) is 22.5 Å². The highest BCUT2D eigenvalue weighted by molar-refractivity contribution is 7.59. The average molecular weight is 244 g/mol.